The Hall–Kier alpha value is -1.40. The predicted molar refractivity (Wildman–Crippen MR) is 83.4 cm³/mol. The second-order valence-electron chi connectivity index (χ2n) is 5.74. The zero-order valence-electron chi connectivity index (χ0n) is 12.8. The third-order valence-corrected chi connectivity index (χ3v) is 4.83. The fourth-order valence-electron chi connectivity index (χ4n) is 2.02. The lowest BCUT2D eigenvalue weighted by molar-refractivity contribution is 0.1000. The summed E-state index contributed by atoms with van der Waals surface area (Å²) in [5.74, 6) is 0.0455. The molecular weight excluding hydrogens is 288 g/mol. The molecule has 0 spiro atoms. The first-order chi connectivity index (χ1) is 9.72. The molecule has 1 unspecified atom stereocenters. The Bertz CT molecular complexity index is 565. The summed E-state index contributed by atoms with van der Waals surface area (Å²) >= 11 is 0. The van der Waals surface area contributed by atoms with Crippen molar-refractivity contribution in [2.75, 3.05) is 0 Å². The normalized spacial score (nSPS) is 13.3. The molecule has 1 amide bonds. The van der Waals surface area contributed by atoms with Crippen LogP contribution in [-0.4, -0.2) is 20.4 Å². The van der Waals surface area contributed by atoms with Crippen LogP contribution in [0.3, 0.4) is 0 Å². The molecule has 0 saturated carbocycles. The zero-order chi connectivity index (χ0) is 16.0. The van der Waals surface area contributed by atoms with Gasteiger partial charge in [-0.15, -0.1) is 0 Å². The lowest BCUT2D eigenvalue weighted by Crippen LogP contribution is -2.32. The molecule has 0 saturated heterocycles. The highest BCUT2D eigenvalue weighted by Crippen LogP contribution is 2.13. The predicted octanol–water partition coefficient (Wildman–Crippen LogP) is 2.28. The number of nitrogens with one attached hydrogen (secondary N) is 1. The van der Waals surface area contributed by atoms with Gasteiger partial charge in [0, 0.05) is 11.6 Å². The molecule has 118 valence electrons. The number of benzene rings is 1. The molecule has 1 atom stereocenters. The van der Waals surface area contributed by atoms with E-state index < -0.39 is 15.9 Å². The lowest BCUT2D eigenvalue weighted by atomic mass is 10.0. The van der Waals surface area contributed by atoms with E-state index >= 15 is 0 Å². The van der Waals surface area contributed by atoms with E-state index in [4.69, 9.17) is 5.73 Å². The van der Waals surface area contributed by atoms with Crippen molar-refractivity contribution >= 4 is 15.9 Å². The van der Waals surface area contributed by atoms with E-state index in [2.05, 4.69) is 18.6 Å². The highest BCUT2D eigenvalue weighted by molar-refractivity contribution is 7.89. The largest absolute Gasteiger partial charge is 0.366 e. The molecule has 1 rings (SSSR count). The van der Waals surface area contributed by atoms with Gasteiger partial charge < -0.3 is 5.73 Å². The van der Waals surface area contributed by atoms with Gasteiger partial charge in [0.1, 0.15) is 0 Å². The monoisotopic (exact) mass is 312 g/mol. The van der Waals surface area contributed by atoms with Crippen molar-refractivity contribution in [2.24, 2.45) is 11.7 Å². The van der Waals surface area contributed by atoms with Gasteiger partial charge in [-0.2, -0.15) is 0 Å². The Balaban J connectivity index is 2.66. The molecule has 21 heavy (non-hydrogen) atoms. The van der Waals surface area contributed by atoms with Crippen molar-refractivity contribution in [2.45, 2.75) is 51.0 Å². The van der Waals surface area contributed by atoms with Crippen LogP contribution < -0.4 is 10.5 Å². The minimum Gasteiger partial charge on any atom is -0.366 e. The number of carbonyl (C=O) groups is 1. The Morgan fingerprint density at radius 1 is 1.14 bits per heavy atom. The van der Waals surface area contributed by atoms with Gasteiger partial charge in [0.15, 0.2) is 0 Å². The van der Waals surface area contributed by atoms with Crippen molar-refractivity contribution in [3.8, 4) is 0 Å². The molecule has 0 aliphatic carbocycles. The minimum absolute atomic E-state index is 0.121. The van der Waals surface area contributed by atoms with E-state index in [1.807, 2.05) is 6.92 Å². The van der Waals surface area contributed by atoms with Gasteiger partial charge in [-0.3, -0.25) is 4.79 Å². The van der Waals surface area contributed by atoms with E-state index in [1.54, 1.807) is 0 Å². The van der Waals surface area contributed by atoms with Gasteiger partial charge in [-0.05, 0) is 43.5 Å². The quantitative estimate of drug-likeness (QED) is 0.771. The third kappa shape index (κ3) is 5.85. The smallest absolute Gasteiger partial charge is 0.248 e. The van der Waals surface area contributed by atoms with Gasteiger partial charge in [-0.1, -0.05) is 26.7 Å². The Morgan fingerprint density at radius 2 is 1.71 bits per heavy atom. The first-order valence-corrected chi connectivity index (χ1v) is 8.63. The number of primary amides is 1. The lowest BCUT2D eigenvalue weighted by Gasteiger charge is -2.15. The fourth-order valence-corrected chi connectivity index (χ4v) is 3.30. The van der Waals surface area contributed by atoms with Gasteiger partial charge in [-0.25, -0.2) is 13.1 Å². The Kier molecular flexibility index (Phi) is 6.36. The van der Waals surface area contributed by atoms with E-state index in [0.29, 0.717) is 11.5 Å². The summed E-state index contributed by atoms with van der Waals surface area (Å²) in [7, 11) is -3.55. The summed E-state index contributed by atoms with van der Waals surface area (Å²) in [6.07, 6.45) is 2.87. The molecule has 0 aliphatic rings. The van der Waals surface area contributed by atoms with Gasteiger partial charge in [0.25, 0.3) is 0 Å². The van der Waals surface area contributed by atoms with Crippen LogP contribution in [0.15, 0.2) is 29.2 Å². The second kappa shape index (κ2) is 7.56. The topological polar surface area (TPSA) is 89.3 Å². The van der Waals surface area contributed by atoms with Crippen molar-refractivity contribution in [1.82, 2.24) is 4.72 Å². The Labute approximate surface area is 127 Å². The Morgan fingerprint density at radius 3 is 2.19 bits per heavy atom. The number of hydrogen-bond acceptors (Lipinski definition) is 3. The van der Waals surface area contributed by atoms with Crippen molar-refractivity contribution < 1.29 is 13.2 Å². The van der Waals surface area contributed by atoms with Gasteiger partial charge in [0.05, 0.1) is 4.90 Å². The molecule has 0 radical (unpaired) electrons. The standard InChI is InChI=1S/C15H24N2O3S/c1-11(2)5-4-6-12(3)17-21(19,20)14-9-7-13(8-10-14)15(16)18/h7-12,17H,4-6H2,1-3H3,(H2,16,18). The summed E-state index contributed by atoms with van der Waals surface area (Å²) in [5, 5.41) is 0. The van der Waals surface area contributed by atoms with Crippen LogP contribution in [0.4, 0.5) is 0 Å². The summed E-state index contributed by atoms with van der Waals surface area (Å²) in [4.78, 5) is 11.1. The fraction of sp³-hybridized carbons (Fsp3) is 0.533. The van der Waals surface area contributed by atoms with Crippen LogP contribution >= 0.6 is 0 Å². The minimum atomic E-state index is -3.55. The number of hydrogen-bond donors (Lipinski definition) is 2. The summed E-state index contributed by atoms with van der Waals surface area (Å²) in [5.41, 5.74) is 5.42. The van der Waals surface area contributed by atoms with Crippen LogP contribution in [0, 0.1) is 5.92 Å². The van der Waals surface area contributed by atoms with E-state index in [9.17, 15) is 13.2 Å². The molecule has 3 N–H and O–H groups in total. The van der Waals surface area contributed by atoms with Crippen molar-refractivity contribution in [3.05, 3.63) is 29.8 Å². The van der Waals surface area contributed by atoms with E-state index in [1.165, 1.54) is 24.3 Å². The summed E-state index contributed by atoms with van der Waals surface area (Å²) in [6, 6.07) is 5.50. The molecule has 0 aromatic heterocycles. The van der Waals surface area contributed by atoms with Crippen LogP contribution in [0.2, 0.25) is 0 Å². The number of sulfonamides is 1. The second-order valence-corrected chi connectivity index (χ2v) is 7.45. The van der Waals surface area contributed by atoms with Crippen LogP contribution in [-0.2, 0) is 10.0 Å². The van der Waals surface area contributed by atoms with E-state index in [-0.39, 0.29) is 10.9 Å². The molecule has 0 fully saturated rings. The number of carbonyl (C=O) groups excluding carboxylic acids is 1. The average molecular weight is 312 g/mol. The summed E-state index contributed by atoms with van der Waals surface area (Å²) < 4.78 is 27.0. The van der Waals surface area contributed by atoms with Crippen molar-refractivity contribution in [1.29, 1.82) is 0 Å². The number of nitrogens with two attached hydrogens (primary N) is 1. The maximum absolute atomic E-state index is 12.2. The highest BCUT2D eigenvalue weighted by Gasteiger charge is 2.17. The molecule has 1 aromatic carbocycles. The molecule has 0 bridgehead atoms. The van der Waals surface area contributed by atoms with E-state index in [0.717, 1.165) is 19.3 Å². The zero-order valence-corrected chi connectivity index (χ0v) is 13.6. The highest BCUT2D eigenvalue weighted by atomic mass is 32.2. The van der Waals surface area contributed by atoms with Crippen LogP contribution in [0.1, 0.15) is 50.4 Å². The maximum Gasteiger partial charge on any atom is 0.248 e. The molecule has 1 aromatic rings. The first-order valence-electron chi connectivity index (χ1n) is 7.14. The molecule has 6 heteroatoms. The molecule has 0 aliphatic heterocycles. The summed E-state index contributed by atoms with van der Waals surface area (Å²) in [6.45, 7) is 6.15. The first kappa shape index (κ1) is 17.7. The van der Waals surface area contributed by atoms with Gasteiger partial charge in [0.2, 0.25) is 15.9 Å². The average Bonchev–Trinajstić information content (AvgIpc) is 2.37. The molecule has 5 nitrogen and oxygen atoms in total. The SMILES string of the molecule is CC(C)CCCC(C)NS(=O)(=O)c1ccc(C(N)=O)cc1. The van der Waals surface area contributed by atoms with Crippen molar-refractivity contribution in [3.63, 3.8) is 0 Å². The van der Waals surface area contributed by atoms with Crippen LogP contribution in [0.25, 0.3) is 0 Å². The maximum atomic E-state index is 12.2. The van der Waals surface area contributed by atoms with Gasteiger partial charge >= 0.3 is 0 Å². The number of rotatable bonds is 8. The number of amides is 1. The third-order valence-electron chi connectivity index (χ3n) is 3.22. The molecular formula is C15H24N2O3S. The van der Waals surface area contributed by atoms with Crippen LogP contribution in [0.5, 0.6) is 0 Å². The molecule has 0 heterocycles.